The number of rotatable bonds is 4. The molecule has 2 atom stereocenters. The number of aryl methyl sites for hydroxylation is 2. The van der Waals surface area contributed by atoms with E-state index in [-0.39, 0.29) is 12.6 Å². The predicted octanol–water partition coefficient (Wildman–Crippen LogP) is 4.11. The molecule has 2 N–H and O–H groups in total. The van der Waals surface area contributed by atoms with Crippen LogP contribution in [0.1, 0.15) is 52.9 Å². The van der Waals surface area contributed by atoms with Crippen molar-refractivity contribution < 1.29 is 18.3 Å². The molecular weight excluding hydrogens is 329 g/mol. The van der Waals surface area contributed by atoms with Crippen LogP contribution in [0.3, 0.4) is 0 Å². The van der Waals surface area contributed by atoms with E-state index >= 15 is 0 Å². The summed E-state index contributed by atoms with van der Waals surface area (Å²) in [6, 6.07) is 8.55. The zero-order valence-corrected chi connectivity index (χ0v) is 14.0. The number of hydrogen-bond acceptors (Lipinski definition) is 3. The number of halogens is 3. The van der Waals surface area contributed by atoms with E-state index in [2.05, 4.69) is 10.3 Å². The molecule has 2 aromatic rings. The number of aliphatic hydroxyl groups is 1. The van der Waals surface area contributed by atoms with Gasteiger partial charge in [-0.1, -0.05) is 29.8 Å². The minimum Gasteiger partial charge on any atom is -0.387 e. The summed E-state index contributed by atoms with van der Waals surface area (Å²) in [6.45, 7) is 2.23. The van der Waals surface area contributed by atoms with Crippen molar-refractivity contribution in [3.8, 4) is 0 Å². The highest BCUT2D eigenvalue weighted by molar-refractivity contribution is 5.32. The van der Waals surface area contributed by atoms with Crippen molar-refractivity contribution in [2.75, 3.05) is 6.54 Å². The van der Waals surface area contributed by atoms with Crippen LogP contribution in [0.25, 0.3) is 0 Å². The molecule has 1 aromatic carbocycles. The van der Waals surface area contributed by atoms with Crippen LogP contribution in [0.15, 0.2) is 36.5 Å². The second kappa shape index (κ2) is 7.14. The van der Waals surface area contributed by atoms with Crippen molar-refractivity contribution in [3.63, 3.8) is 0 Å². The predicted molar refractivity (Wildman–Crippen MR) is 89.1 cm³/mol. The van der Waals surface area contributed by atoms with Gasteiger partial charge in [-0.3, -0.25) is 4.98 Å². The maximum atomic E-state index is 13.0. The number of fused-ring (bicyclic) bond motifs is 1. The van der Waals surface area contributed by atoms with Gasteiger partial charge in [-0.05, 0) is 43.4 Å². The highest BCUT2D eigenvalue weighted by Crippen LogP contribution is 2.35. The molecule has 0 spiro atoms. The molecule has 0 fully saturated rings. The molecule has 3 rings (SSSR count). The molecule has 1 aliphatic rings. The summed E-state index contributed by atoms with van der Waals surface area (Å²) in [6.07, 6.45) is -1.91. The molecule has 0 saturated heterocycles. The zero-order valence-electron chi connectivity index (χ0n) is 14.0. The van der Waals surface area contributed by atoms with Crippen LogP contribution in [-0.4, -0.2) is 16.6 Å². The first-order chi connectivity index (χ1) is 11.8. The average Bonchev–Trinajstić information content (AvgIpc) is 2.58. The highest BCUT2D eigenvalue weighted by atomic mass is 19.4. The van der Waals surface area contributed by atoms with Gasteiger partial charge in [0.05, 0.1) is 11.7 Å². The topological polar surface area (TPSA) is 45.1 Å². The summed E-state index contributed by atoms with van der Waals surface area (Å²) in [4.78, 5) is 4.01. The van der Waals surface area contributed by atoms with Crippen molar-refractivity contribution >= 4 is 0 Å². The Kier molecular flexibility index (Phi) is 5.11. The average molecular weight is 350 g/mol. The lowest BCUT2D eigenvalue weighted by molar-refractivity contribution is -0.137. The molecule has 3 nitrogen and oxygen atoms in total. The lowest BCUT2D eigenvalue weighted by Gasteiger charge is -2.27. The highest BCUT2D eigenvalue weighted by Gasteiger charge is 2.33. The van der Waals surface area contributed by atoms with Gasteiger partial charge in [0.25, 0.3) is 0 Å². The number of pyridine rings is 1. The standard InChI is InChI=1S/C19H21F3N2O/c1-12-4-2-5-13(8-12)18(25)11-24-17-7-3-6-16-15(17)9-14(10-23-16)19(20,21)22/h2,4-5,8-10,17-18,24-25H,3,6-7,11H2,1H3/t17-,18+/m1/s1. The SMILES string of the molecule is Cc1cccc([C@@H](O)CN[C@@H]2CCCc3ncc(C(F)(F)F)cc32)c1. The first-order valence-electron chi connectivity index (χ1n) is 8.38. The number of alkyl halides is 3. The number of aliphatic hydroxyl groups excluding tert-OH is 1. The number of benzene rings is 1. The molecule has 134 valence electrons. The molecule has 0 saturated carbocycles. The van der Waals surface area contributed by atoms with Gasteiger partial charge in [0.1, 0.15) is 0 Å². The second-order valence-electron chi connectivity index (χ2n) is 6.54. The van der Waals surface area contributed by atoms with Crippen LogP contribution in [0.5, 0.6) is 0 Å². The monoisotopic (exact) mass is 350 g/mol. The lowest BCUT2D eigenvalue weighted by Crippen LogP contribution is -2.30. The third kappa shape index (κ3) is 4.19. The Labute approximate surface area is 144 Å². The fraction of sp³-hybridized carbons (Fsp3) is 0.421. The minimum atomic E-state index is -4.40. The van der Waals surface area contributed by atoms with E-state index in [0.29, 0.717) is 17.7 Å². The van der Waals surface area contributed by atoms with Crippen molar-refractivity contribution in [1.29, 1.82) is 0 Å². The maximum Gasteiger partial charge on any atom is 0.417 e. The Balaban J connectivity index is 1.74. The van der Waals surface area contributed by atoms with Crippen LogP contribution in [-0.2, 0) is 12.6 Å². The van der Waals surface area contributed by atoms with Crippen LogP contribution in [0.4, 0.5) is 13.2 Å². The minimum absolute atomic E-state index is 0.224. The smallest absolute Gasteiger partial charge is 0.387 e. The molecule has 1 aliphatic carbocycles. The molecule has 1 heterocycles. The third-order valence-electron chi connectivity index (χ3n) is 4.60. The molecule has 0 aliphatic heterocycles. The largest absolute Gasteiger partial charge is 0.417 e. The zero-order chi connectivity index (χ0) is 18.0. The van der Waals surface area contributed by atoms with Gasteiger partial charge in [0.2, 0.25) is 0 Å². The second-order valence-corrected chi connectivity index (χ2v) is 6.54. The maximum absolute atomic E-state index is 13.0. The van der Waals surface area contributed by atoms with Crippen molar-refractivity contribution in [2.24, 2.45) is 0 Å². The van der Waals surface area contributed by atoms with Gasteiger partial charge >= 0.3 is 6.18 Å². The van der Waals surface area contributed by atoms with E-state index in [0.717, 1.165) is 30.2 Å². The molecular formula is C19H21F3N2O. The third-order valence-corrected chi connectivity index (χ3v) is 4.60. The van der Waals surface area contributed by atoms with Crippen molar-refractivity contribution in [2.45, 2.75) is 44.5 Å². The molecule has 6 heteroatoms. The first kappa shape index (κ1) is 17.9. The fourth-order valence-electron chi connectivity index (χ4n) is 3.27. The summed E-state index contributed by atoms with van der Waals surface area (Å²) in [5.41, 5.74) is 2.43. The van der Waals surface area contributed by atoms with Crippen LogP contribution in [0.2, 0.25) is 0 Å². The van der Waals surface area contributed by atoms with Gasteiger partial charge < -0.3 is 10.4 Å². The van der Waals surface area contributed by atoms with E-state index < -0.39 is 17.8 Å². The van der Waals surface area contributed by atoms with E-state index in [1.165, 1.54) is 6.07 Å². The Morgan fingerprint density at radius 3 is 2.84 bits per heavy atom. The van der Waals surface area contributed by atoms with Crippen molar-refractivity contribution in [1.82, 2.24) is 10.3 Å². The summed E-state index contributed by atoms with van der Waals surface area (Å²) in [5, 5.41) is 13.6. The van der Waals surface area contributed by atoms with Gasteiger partial charge in [0.15, 0.2) is 0 Å². The van der Waals surface area contributed by atoms with Gasteiger partial charge in [-0.25, -0.2) is 0 Å². The number of aromatic nitrogens is 1. The van der Waals surface area contributed by atoms with Crippen LogP contribution < -0.4 is 5.32 Å². The van der Waals surface area contributed by atoms with E-state index in [9.17, 15) is 18.3 Å². The Morgan fingerprint density at radius 2 is 2.12 bits per heavy atom. The molecule has 1 aromatic heterocycles. The Bertz CT molecular complexity index is 746. The van der Waals surface area contributed by atoms with Gasteiger partial charge in [0, 0.05) is 24.5 Å². The quantitative estimate of drug-likeness (QED) is 0.872. The molecule has 0 unspecified atom stereocenters. The summed E-state index contributed by atoms with van der Waals surface area (Å²) in [7, 11) is 0. The fourth-order valence-corrected chi connectivity index (χ4v) is 3.27. The van der Waals surface area contributed by atoms with Crippen molar-refractivity contribution in [3.05, 3.63) is 64.5 Å². The van der Waals surface area contributed by atoms with Gasteiger partial charge in [-0.2, -0.15) is 13.2 Å². The molecule has 0 amide bonds. The number of nitrogens with zero attached hydrogens (tertiary/aromatic N) is 1. The molecule has 25 heavy (non-hydrogen) atoms. The number of hydrogen-bond donors (Lipinski definition) is 2. The summed E-state index contributed by atoms with van der Waals surface area (Å²) in [5.74, 6) is 0. The Hall–Kier alpha value is -1.92. The lowest BCUT2D eigenvalue weighted by atomic mass is 9.90. The summed E-state index contributed by atoms with van der Waals surface area (Å²) >= 11 is 0. The first-order valence-corrected chi connectivity index (χ1v) is 8.38. The normalized spacial score (nSPS) is 18.7. The summed E-state index contributed by atoms with van der Waals surface area (Å²) < 4.78 is 38.9. The molecule has 0 bridgehead atoms. The van der Waals surface area contributed by atoms with Gasteiger partial charge in [-0.15, -0.1) is 0 Å². The van der Waals surface area contributed by atoms with Crippen LogP contribution in [0, 0.1) is 6.92 Å². The van der Waals surface area contributed by atoms with E-state index in [1.54, 1.807) is 0 Å². The number of nitrogens with one attached hydrogen (secondary N) is 1. The van der Waals surface area contributed by atoms with E-state index in [4.69, 9.17) is 0 Å². The Morgan fingerprint density at radius 1 is 1.32 bits per heavy atom. The van der Waals surface area contributed by atoms with E-state index in [1.807, 2.05) is 31.2 Å². The molecule has 0 radical (unpaired) electrons. The van der Waals surface area contributed by atoms with Crippen LogP contribution >= 0.6 is 0 Å².